The van der Waals surface area contributed by atoms with Crippen LogP contribution in [0.25, 0.3) is 0 Å². The number of aromatic nitrogens is 2. The molecule has 0 saturated carbocycles. The molecule has 0 atom stereocenters. The summed E-state index contributed by atoms with van der Waals surface area (Å²) in [5.41, 5.74) is 0. The van der Waals surface area contributed by atoms with Crippen LogP contribution in [0.4, 0.5) is 13.2 Å². The Morgan fingerprint density at radius 1 is 1.56 bits per heavy atom. The van der Waals surface area contributed by atoms with Crippen LogP contribution in [-0.2, 0) is 11.3 Å². The lowest BCUT2D eigenvalue weighted by Gasteiger charge is -2.08. The fraction of sp³-hybridized carbons (Fsp3) is 0.500. The number of alkyl halides is 3. The van der Waals surface area contributed by atoms with Crippen LogP contribution in [0.3, 0.4) is 0 Å². The average molecular weight is 300 g/mol. The number of nitrogens with zero attached hydrogens (tertiary/aromatic N) is 2. The minimum Gasteiger partial charge on any atom is -0.347 e. The molecule has 1 amide bonds. The number of aryl methyl sites for hydroxylation is 1. The Bertz CT molecular complexity index is 364. The summed E-state index contributed by atoms with van der Waals surface area (Å²) in [6.45, 7) is -1.05. The van der Waals surface area contributed by atoms with Gasteiger partial charge in [-0.05, 0) is 15.9 Å². The van der Waals surface area contributed by atoms with Crippen molar-refractivity contribution in [2.45, 2.75) is 19.1 Å². The van der Waals surface area contributed by atoms with Crippen LogP contribution >= 0.6 is 15.9 Å². The summed E-state index contributed by atoms with van der Waals surface area (Å²) < 4.78 is 37.5. The van der Waals surface area contributed by atoms with Crippen LogP contribution in [0.1, 0.15) is 6.42 Å². The second-order valence-electron chi connectivity index (χ2n) is 3.06. The molecule has 90 valence electrons. The van der Waals surface area contributed by atoms with Gasteiger partial charge in [-0.15, -0.1) is 0 Å². The molecule has 0 aliphatic carbocycles. The largest absolute Gasteiger partial charge is 0.405 e. The summed E-state index contributed by atoms with van der Waals surface area (Å²) in [6, 6.07) is 0. The molecule has 1 N–H and O–H groups in total. The number of carbonyl (C=O) groups is 1. The van der Waals surface area contributed by atoms with Crippen LogP contribution < -0.4 is 5.32 Å². The molecule has 0 unspecified atom stereocenters. The zero-order valence-electron chi connectivity index (χ0n) is 8.09. The van der Waals surface area contributed by atoms with E-state index in [-0.39, 0.29) is 13.0 Å². The molecule has 0 aromatic carbocycles. The van der Waals surface area contributed by atoms with Gasteiger partial charge < -0.3 is 5.32 Å². The summed E-state index contributed by atoms with van der Waals surface area (Å²) >= 11 is 3.16. The summed E-state index contributed by atoms with van der Waals surface area (Å²) in [5.74, 6) is -0.649. The second-order valence-corrected chi connectivity index (χ2v) is 3.98. The molecular formula is C8H9BrF3N3O. The Kier molecular flexibility index (Phi) is 4.34. The lowest BCUT2D eigenvalue weighted by Crippen LogP contribution is -2.34. The first kappa shape index (κ1) is 13.0. The number of halogens is 4. The van der Waals surface area contributed by atoms with Gasteiger partial charge in [0.1, 0.15) is 6.54 Å². The van der Waals surface area contributed by atoms with Crippen molar-refractivity contribution in [1.82, 2.24) is 15.1 Å². The molecule has 0 fully saturated rings. The highest BCUT2D eigenvalue weighted by molar-refractivity contribution is 9.10. The first-order chi connectivity index (χ1) is 7.37. The van der Waals surface area contributed by atoms with Crippen LogP contribution in [0, 0.1) is 0 Å². The van der Waals surface area contributed by atoms with E-state index in [2.05, 4.69) is 21.0 Å². The zero-order chi connectivity index (χ0) is 12.2. The summed E-state index contributed by atoms with van der Waals surface area (Å²) in [6.07, 6.45) is -1.24. The Morgan fingerprint density at radius 2 is 2.25 bits per heavy atom. The van der Waals surface area contributed by atoms with Crippen molar-refractivity contribution in [2.75, 3.05) is 6.54 Å². The molecule has 16 heavy (non-hydrogen) atoms. The van der Waals surface area contributed by atoms with Gasteiger partial charge in [-0.25, -0.2) is 0 Å². The van der Waals surface area contributed by atoms with Gasteiger partial charge in [0.05, 0.1) is 10.7 Å². The van der Waals surface area contributed by atoms with Crippen LogP contribution in [0.15, 0.2) is 16.9 Å². The molecule has 0 bridgehead atoms. The maximum atomic E-state index is 11.7. The second kappa shape index (κ2) is 5.33. The molecular weight excluding hydrogens is 291 g/mol. The van der Waals surface area contributed by atoms with Crippen molar-refractivity contribution < 1.29 is 18.0 Å². The quantitative estimate of drug-likeness (QED) is 0.920. The number of carbonyl (C=O) groups excluding carboxylic acids is 1. The molecule has 0 saturated heterocycles. The van der Waals surface area contributed by atoms with Gasteiger partial charge in [0.2, 0.25) is 5.91 Å². The van der Waals surface area contributed by atoms with Gasteiger partial charge in [0, 0.05) is 19.2 Å². The number of amides is 1. The summed E-state index contributed by atoms with van der Waals surface area (Å²) in [4.78, 5) is 11.0. The molecule has 0 aliphatic rings. The normalized spacial score (nSPS) is 11.5. The number of hydrogen-bond acceptors (Lipinski definition) is 2. The molecule has 1 aromatic rings. The fourth-order valence-corrected chi connectivity index (χ4v) is 1.29. The van der Waals surface area contributed by atoms with E-state index in [0.717, 1.165) is 4.47 Å². The molecule has 0 aliphatic heterocycles. The van der Waals surface area contributed by atoms with Gasteiger partial charge >= 0.3 is 6.18 Å². The zero-order valence-corrected chi connectivity index (χ0v) is 9.68. The highest BCUT2D eigenvalue weighted by Crippen LogP contribution is 2.12. The van der Waals surface area contributed by atoms with Crippen LogP contribution in [0.5, 0.6) is 0 Å². The van der Waals surface area contributed by atoms with E-state index in [0.29, 0.717) is 0 Å². The number of nitrogens with one attached hydrogen (secondary N) is 1. The Hall–Kier alpha value is -1.05. The number of rotatable bonds is 4. The van der Waals surface area contributed by atoms with Crippen molar-refractivity contribution in [2.24, 2.45) is 0 Å². The maximum absolute atomic E-state index is 11.7. The molecule has 4 nitrogen and oxygen atoms in total. The van der Waals surface area contributed by atoms with E-state index < -0.39 is 18.6 Å². The van der Waals surface area contributed by atoms with Crippen molar-refractivity contribution in [3.8, 4) is 0 Å². The third-order valence-electron chi connectivity index (χ3n) is 1.66. The van der Waals surface area contributed by atoms with Crippen molar-refractivity contribution in [1.29, 1.82) is 0 Å². The van der Waals surface area contributed by atoms with Crippen LogP contribution in [-0.4, -0.2) is 28.4 Å². The van der Waals surface area contributed by atoms with Crippen molar-refractivity contribution in [3.05, 3.63) is 16.9 Å². The van der Waals surface area contributed by atoms with Crippen molar-refractivity contribution >= 4 is 21.8 Å². The topological polar surface area (TPSA) is 46.9 Å². The molecule has 8 heteroatoms. The third-order valence-corrected chi connectivity index (χ3v) is 2.07. The van der Waals surface area contributed by atoms with E-state index in [4.69, 9.17) is 0 Å². The van der Waals surface area contributed by atoms with E-state index in [1.165, 1.54) is 10.9 Å². The van der Waals surface area contributed by atoms with E-state index in [1.807, 2.05) is 0 Å². The highest BCUT2D eigenvalue weighted by Gasteiger charge is 2.27. The molecule has 1 rings (SSSR count). The predicted molar refractivity (Wildman–Crippen MR) is 53.6 cm³/mol. The monoisotopic (exact) mass is 299 g/mol. The highest BCUT2D eigenvalue weighted by atomic mass is 79.9. The molecule has 1 aromatic heterocycles. The standard InChI is InChI=1S/C8H9BrF3N3O/c9-6-3-14-15(4-6)2-1-7(16)13-5-8(10,11)12/h3-4H,1-2,5H2,(H,13,16). The molecule has 0 spiro atoms. The fourth-order valence-electron chi connectivity index (χ4n) is 0.964. The van der Waals surface area contributed by atoms with Gasteiger partial charge in [0.25, 0.3) is 0 Å². The Morgan fingerprint density at radius 3 is 2.75 bits per heavy atom. The van der Waals surface area contributed by atoms with Gasteiger partial charge in [-0.2, -0.15) is 18.3 Å². The summed E-state index contributed by atoms with van der Waals surface area (Å²) in [7, 11) is 0. The van der Waals surface area contributed by atoms with E-state index in [9.17, 15) is 18.0 Å². The molecule has 1 heterocycles. The van der Waals surface area contributed by atoms with Crippen LogP contribution in [0.2, 0.25) is 0 Å². The minimum atomic E-state index is -4.37. The third kappa shape index (κ3) is 5.15. The minimum absolute atomic E-state index is 0.0375. The van der Waals surface area contributed by atoms with E-state index >= 15 is 0 Å². The first-order valence-electron chi connectivity index (χ1n) is 4.38. The lowest BCUT2D eigenvalue weighted by atomic mass is 10.4. The van der Waals surface area contributed by atoms with Gasteiger partial charge in [-0.1, -0.05) is 0 Å². The molecule has 0 radical (unpaired) electrons. The van der Waals surface area contributed by atoms with E-state index in [1.54, 1.807) is 11.5 Å². The lowest BCUT2D eigenvalue weighted by molar-refractivity contribution is -0.138. The summed E-state index contributed by atoms with van der Waals surface area (Å²) in [5, 5.41) is 5.65. The van der Waals surface area contributed by atoms with Gasteiger partial charge in [-0.3, -0.25) is 9.48 Å². The predicted octanol–water partition coefficient (Wildman–Crippen LogP) is 1.71. The Labute approximate surface area is 97.9 Å². The smallest absolute Gasteiger partial charge is 0.347 e. The maximum Gasteiger partial charge on any atom is 0.405 e. The average Bonchev–Trinajstić information content (AvgIpc) is 2.57. The van der Waals surface area contributed by atoms with Crippen molar-refractivity contribution in [3.63, 3.8) is 0 Å². The SMILES string of the molecule is O=C(CCn1cc(Br)cn1)NCC(F)(F)F. The Balaban J connectivity index is 2.25. The number of hydrogen-bond donors (Lipinski definition) is 1. The first-order valence-corrected chi connectivity index (χ1v) is 5.17. The van der Waals surface area contributed by atoms with Gasteiger partial charge in [0.15, 0.2) is 0 Å².